The van der Waals surface area contributed by atoms with Gasteiger partial charge in [0.25, 0.3) is 0 Å². The highest BCUT2D eigenvalue weighted by Crippen LogP contribution is 2.25. The topological polar surface area (TPSA) is 111 Å². The Morgan fingerprint density at radius 3 is 2.89 bits per heavy atom. The van der Waals surface area contributed by atoms with Gasteiger partial charge in [-0.15, -0.1) is 0 Å². The molecule has 7 heteroatoms. The highest BCUT2D eigenvalue weighted by molar-refractivity contribution is 5.63. The van der Waals surface area contributed by atoms with Crippen LogP contribution in [0.15, 0.2) is 53.8 Å². The zero-order valence-corrected chi connectivity index (χ0v) is 15.9. The Morgan fingerprint density at radius 2 is 2.11 bits per heavy atom. The van der Waals surface area contributed by atoms with E-state index in [-0.39, 0.29) is 6.04 Å². The molecule has 7 nitrogen and oxygen atoms in total. The number of hydrogen-bond donors (Lipinski definition) is 4. The van der Waals surface area contributed by atoms with Crippen LogP contribution in [0.3, 0.4) is 0 Å². The smallest absolute Gasteiger partial charge is 0.144 e. The molecule has 1 atom stereocenters. The first-order chi connectivity index (χ1) is 13.1. The number of anilines is 1. The van der Waals surface area contributed by atoms with Gasteiger partial charge in [-0.05, 0) is 56.0 Å². The van der Waals surface area contributed by atoms with Crippen molar-refractivity contribution in [2.45, 2.75) is 19.9 Å². The lowest BCUT2D eigenvalue weighted by atomic mass is 10.2. The second kappa shape index (κ2) is 10.9. The van der Waals surface area contributed by atoms with E-state index in [4.69, 9.17) is 16.2 Å². The number of benzene rings is 1. The van der Waals surface area contributed by atoms with Crippen LogP contribution in [-0.4, -0.2) is 30.9 Å². The fourth-order valence-corrected chi connectivity index (χ4v) is 2.33. The van der Waals surface area contributed by atoms with E-state index in [1.807, 2.05) is 62.5 Å². The number of hydrogen-bond acceptors (Lipinski definition) is 7. The predicted molar refractivity (Wildman–Crippen MR) is 111 cm³/mol. The van der Waals surface area contributed by atoms with E-state index in [1.165, 1.54) is 0 Å². The van der Waals surface area contributed by atoms with Crippen molar-refractivity contribution in [3.8, 4) is 5.75 Å². The molecule has 2 rings (SSSR count). The van der Waals surface area contributed by atoms with Crippen molar-refractivity contribution in [2.24, 2.45) is 16.6 Å². The van der Waals surface area contributed by atoms with Crippen LogP contribution in [0.25, 0.3) is 0 Å². The number of ether oxygens (including phenoxy) is 1. The average Bonchev–Trinajstić information content (AvgIpc) is 2.66. The summed E-state index contributed by atoms with van der Waals surface area (Å²) in [6.45, 7) is 5.49. The summed E-state index contributed by atoms with van der Waals surface area (Å²) in [5.74, 6) is 0.746. The number of pyridine rings is 1. The summed E-state index contributed by atoms with van der Waals surface area (Å²) in [5, 5.41) is 7.21. The van der Waals surface area contributed by atoms with E-state index in [0.29, 0.717) is 19.7 Å². The molecule has 1 unspecified atom stereocenters. The third-order valence-corrected chi connectivity index (χ3v) is 3.70. The number of nitrogens with one attached hydrogen (secondary N) is 2. The SMILES string of the molecule is Cc1ccc(N/N=C\CN)c(OCCN/C=C\C(N)c2cccc(C)n2)c1. The van der Waals surface area contributed by atoms with E-state index >= 15 is 0 Å². The molecular formula is C20H28N6O. The van der Waals surface area contributed by atoms with Crippen molar-refractivity contribution in [1.82, 2.24) is 10.3 Å². The van der Waals surface area contributed by atoms with E-state index in [0.717, 1.165) is 28.4 Å². The molecule has 0 radical (unpaired) electrons. The minimum absolute atomic E-state index is 0.244. The summed E-state index contributed by atoms with van der Waals surface area (Å²) >= 11 is 0. The van der Waals surface area contributed by atoms with Crippen LogP contribution in [0.1, 0.15) is 23.0 Å². The standard InChI is InChI=1S/C20H28N6O/c1-15-6-7-19(26-24-11-9-21)20(14-15)27-13-12-23-10-8-17(22)18-5-3-4-16(2)25-18/h3-8,10-11,14,17,23,26H,9,12-13,21-22H2,1-2H3/b10-8-,24-11-. The summed E-state index contributed by atoms with van der Waals surface area (Å²) in [7, 11) is 0. The summed E-state index contributed by atoms with van der Waals surface area (Å²) < 4.78 is 5.85. The number of aromatic nitrogens is 1. The van der Waals surface area contributed by atoms with Crippen LogP contribution in [0.4, 0.5) is 5.69 Å². The minimum atomic E-state index is -0.244. The van der Waals surface area contributed by atoms with Gasteiger partial charge in [-0.1, -0.05) is 12.1 Å². The molecule has 0 spiro atoms. The van der Waals surface area contributed by atoms with Gasteiger partial charge in [0.05, 0.1) is 17.4 Å². The van der Waals surface area contributed by atoms with Crippen LogP contribution < -0.4 is 26.9 Å². The van der Waals surface area contributed by atoms with Crippen molar-refractivity contribution < 1.29 is 4.74 Å². The van der Waals surface area contributed by atoms with Gasteiger partial charge in [0.2, 0.25) is 0 Å². The molecule has 0 bridgehead atoms. The van der Waals surface area contributed by atoms with Crippen LogP contribution in [0, 0.1) is 13.8 Å². The first-order valence-electron chi connectivity index (χ1n) is 8.90. The van der Waals surface area contributed by atoms with Gasteiger partial charge >= 0.3 is 0 Å². The van der Waals surface area contributed by atoms with E-state index in [1.54, 1.807) is 6.21 Å². The van der Waals surface area contributed by atoms with Crippen LogP contribution in [0.5, 0.6) is 5.75 Å². The normalized spacial score (nSPS) is 12.4. The van der Waals surface area contributed by atoms with Gasteiger partial charge in [-0.2, -0.15) is 5.10 Å². The lowest BCUT2D eigenvalue weighted by Gasteiger charge is -2.12. The zero-order valence-electron chi connectivity index (χ0n) is 15.9. The molecule has 0 aliphatic heterocycles. The van der Waals surface area contributed by atoms with Gasteiger partial charge in [0.1, 0.15) is 12.4 Å². The number of hydrazone groups is 1. The molecule has 0 fully saturated rings. The van der Waals surface area contributed by atoms with Crippen molar-refractivity contribution in [1.29, 1.82) is 0 Å². The molecular weight excluding hydrogens is 340 g/mol. The molecule has 0 aliphatic rings. The number of rotatable bonds is 10. The third kappa shape index (κ3) is 7.08. The van der Waals surface area contributed by atoms with E-state index < -0.39 is 0 Å². The molecule has 27 heavy (non-hydrogen) atoms. The molecule has 2 aromatic rings. The maximum Gasteiger partial charge on any atom is 0.144 e. The highest BCUT2D eigenvalue weighted by Gasteiger charge is 2.04. The minimum Gasteiger partial charge on any atom is -0.490 e. The first-order valence-corrected chi connectivity index (χ1v) is 8.90. The Labute approximate surface area is 160 Å². The maximum absolute atomic E-state index is 6.11. The maximum atomic E-state index is 6.11. The molecule has 1 aromatic carbocycles. The number of nitrogens with zero attached hydrogens (tertiary/aromatic N) is 2. The van der Waals surface area contributed by atoms with Crippen molar-refractivity contribution >= 4 is 11.9 Å². The second-order valence-corrected chi connectivity index (χ2v) is 6.05. The predicted octanol–water partition coefficient (Wildman–Crippen LogP) is 2.24. The first kappa shape index (κ1) is 20.4. The van der Waals surface area contributed by atoms with Crippen molar-refractivity contribution in [3.05, 3.63) is 65.6 Å². The third-order valence-electron chi connectivity index (χ3n) is 3.70. The molecule has 144 valence electrons. The summed E-state index contributed by atoms with van der Waals surface area (Å²) in [6.07, 6.45) is 5.31. The fourth-order valence-electron chi connectivity index (χ4n) is 2.33. The average molecular weight is 368 g/mol. The summed E-state index contributed by atoms with van der Waals surface area (Å²) in [6, 6.07) is 11.5. The fraction of sp³-hybridized carbons (Fsp3) is 0.300. The highest BCUT2D eigenvalue weighted by atomic mass is 16.5. The quantitative estimate of drug-likeness (QED) is 0.291. The Bertz CT molecular complexity index is 775. The second-order valence-electron chi connectivity index (χ2n) is 6.05. The molecule has 0 amide bonds. The summed E-state index contributed by atoms with van der Waals surface area (Å²) in [5.41, 5.74) is 18.2. The Hall–Kier alpha value is -2.90. The molecule has 6 N–H and O–H groups in total. The molecule has 1 aromatic heterocycles. The van der Waals surface area contributed by atoms with E-state index in [9.17, 15) is 0 Å². The van der Waals surface area contributed by atoms with Crippen LogP contribution >= 0.6 is 0 Å². The number of aryl methyl sites for hydroxylation is 2. The van der Waals surface area contributed by atoms with Crippen molar-refractivity contribution in [3.63, 3.8) is 0 Å². The largest absolute Gasteiger partial charge is 0.490 e. The van der Waals surface area contributed by atoms with Crippen molar-refractivity contribution in [2.75, 3.05) is 25.1 Å². The molecule has 0 aliphatic carbocycles. The summed E-state index contributed by atoms with van der Waals surface area (Å²) in [4.78, 5) is 4.42. The lowest BCUT2D eigenvalue weighted by molar-refractivity contribution is 0.321. The van der Waals surface area contributed by atoms with E-state index in [2.05, 4.69) is 20.8 Å². The van der Waals surface area contributed by atoms with Gasteiger partial charge in [0, 0.05) is 25.0 Å². The molecule has 0 saturated heterocycles. The van der Waals surface area contributed by atoms with Gasteiger partial charge < -0.3 is 21.5 Å². The molecule has 0 saturated carbocycles. The lowest BCUT2D eigenvalue weighted by Crippen LogP contribution is -2.17. The van der Waals surface area contributed by atoms with Gasteiger partial charge in [0.15, 0.2) is 0 Å². The van der Waals surface area contributed by atoms with Gasteiger partial charge in [-0.3, -0.25) is 10.4 Å². The Balaban J connectivity index is 1.79. The van der Waals surface area contributed by atoms with Crippen LogP contribution in [-0.2, 0) is 0 Å². The Morgan fingerprint density at radius 1 is 1.26 bits per heavy atom. The zero-order chi connectivity index (χ0) is 19.5. The molecule has 1 heterocycles. The number of nitrogens with two attached hydrogens (primary N) is 2. The van der Waals surface area contributed by atoms with Crippen LogP contribution in [0.2, 0.25) is 0 Å². The van der Waals surface area contributed by atoms with Gasteiger partial charge in [-0.25, -0.2) is 0 Å². The monoisotopic (exact) mass is 368 g/mol. The Kier molecular flexibility index (Phi) is 8.28.